The number of hydrogen-bond acceptors (Lipinski definition) is 4. The Hall–Kier alpha value is -3.86. The molecule has 0 spiro atoms. The van der Waals surface area contributed by atoms with Crippen LogP contribution in [0.4, 0.5) is 5.69 Å². The molecule has 4 aromatic rings. The van der Waals surface area contributed by atoms with Gasteiger partial charge in [-0.15, -0.1) is 0 Å². The van der Waals surface area contributed by atoms with Crippen LogP contribution >= 0.6 is 0 Å². The summed E-state index contributed by atoms with van der Waals surface area (Å²) in [6.45, 7) is 1.97. The SMILES string of the molecule is COc1cccc(C2c3c(oc4ccccc4c3=O)C(=O)N2c2cccc(C)c2)c1. The quantitative estimate of drug-likeness (QED) is 0.495. The molecule has 30 heavy (non-hydrogen) atoms. The molecule has 0 bridgehead atoms. The summed E-state index contributed by atoms with van der Waals surface area (Å²) >= 11 is 0. The van der Waals surface area contributed by atoms with Crippen LogP contribution in [-0.2, 0) is 0 Å². The number of anilines is 1. The standard InChI is InChI=1S/C25H19NO4/c1-15-7-5-9-17(13-15)26-22(16-8-6-10-18(14-16)29-2)21-23(27)19-11-3-4-12-20(19)30-24(21)25(26)28/h3-14,22H,1-2H3. The third-order valence-electron chi connectivity index (χ3n) is 5.47. The highest BCUT2D eigenvalue weighted by molar-refractivity contribution is 6.10. The van der Waals surface area contributed by atoms with E-state index in [1.807, 2.05) is 55.5 Å². The normalized spacial score (nSPS) is 15.5. The topological polar surface area (TPSA) is 59.8 Å². The molecular weight excluding hydrogens is 378 g/mol. The first kappa shape index (κ1) is 18.2. The van der Waals surface area contributed by atoms with Crippen molar-refractivity contribution in [1.29, 1.82) is 0 Å². The van der Waals surface area contributed by atoms with Crippen molar-refractivity contribution < 1.29 is 13.9 Å². The average molecular weight is 397 g/mol. The van der Waals surface area contributed by atoms with Gasteiger partial charge in [-0.2, -0.15) is 0 Å². The highest BCUT2D eigenvalue weighted by Crippen LogP contribution is 2.41. The van der Waals surface area contributed by atoms with E-state index in [1.54, 1.807) is 36.3 Å². The fourth-order valence-corrected chi connectivity index (χ4v) is 4.09. The van der Waals surface area contributed by atoms with E-state index in [9.17, 15) is 9.59 Å². The largest absolute Gasteiger partial charge is 0.497 e. The number of carbonyl (C=O) groups excluding carboxylic acids is 1. The van der Waals surface area contributed by atoms with Gasteiger partial charge in [0.1, 0.15) is 11.3 Å². The molecular formula is C25H19NO4. The minimum Gasteiger partial charge on any atom is -0.497 e. The monoisotopic (exact) mass is 397 g/mol. The van der Waals surface area contributed by atoms with E-state index in [0.717, 1.165) is 11.1 Å². The first-order valence-corrected chi connectivity index (χ1v) is 9.68. The predicted octanol–water partition coefficient (Wildman–Crippen LogP) is 4.86. The summed E-state index contributed by atoms with van der Waals surface area (Å²) in [6, 6.07) is 21.5. The number of rotatable bonds is 3. The smallest absolute Gasteiger partial charge is 0.295 e. The predicted molar refractivity (Wildman–Crippen MR) is 115 cm³/mol. The molecule has 148 valence electrons. The number of nitrogens with zero attached hydrogens (tertiary/aromatic N) is 1. The van der Waals surface area contributed by atoms with Crippen molar-refractivity contribution in [3.8, 4) is 5.75 Å². The van der Waals surface area contributed by atoms with Gasteiger partial charge >= 0.3 is 0 Å². The van der Waals surface area contributed by atoms with Crippen molar-refractivity contribution in [1.82, 2.24) is 0 Å². The number of amides is 1. The second-order valence-electron chi connectivity index (χ2n) is 7.36. The Kier molecular flexibility index (Phi) is 4.17. The summed E-state index contributed by atoms with van der Waals surface area (Å²) in [7, 11) is 1.59. The molecule has 1 amide bonds. The van der Waals surface area contributed by atoms with Gasteiger partial charge in [0.15, 0.2) is 5.43 Å². The van der Waals surface area contributed by atoms with Crippen LogP contribution in [0.5, 0.6) is 5.75 Å². The van der Waals surface area contributed by atoms with Crippen LogP contribution < -0.4 is 15.1 Å². The molecule has 0 saturated carbocycles. The van der Waals surface area contributed by atoms with Gasteiger partial charge in [0, 0.05) is 5.69 Å². The Morgan fingerprint density at radius 1 is 0.933 bits per heavy atom. The molecule has 0 N–H and O–H groups in total. The van der Waals surface area contributed by atoms with Gasteiger partial charge in [0.2, 0.25) is 5.76 Å². The van der Waals surface area contributed by atoms with Gasteiger partial charge in [-0.3, -0.25) is 14.5 Å². The van der Waals surface area contributed by atoms with Gasteiger partial charge < -0.3 is 9.15 Å². The summed E-state index contributed by atoms with van der Waals surface area (Å²) in [6.07, 6.45) is 0. The Morgan fingerprint density at radius 2 is 1.73 bits per heavy atom. The molecule has 0 aliphatic carbocycles. The molecule has 1 atom stereocenters. The van der Waals surface area contributed by atoms with E-state index in [1.165, 1.54) is 0 Å². The van der Waals surface area contributed by atoms with Crippen molar-refractivity contribution in [2.75, 3.05) is 12.0 Å². The number of methoxy groups -OCH3 is 1. The molecule has 3 aromatic carbocycles. The number of para-hydroxylation sites is 1. The number of hydrogen-bond donors (Lipinski definition) is 0. The molecule has 0 saturated heterocycles. The molecule has 1 aliphatic rings. The maximum Gasteiger partial charge on any atom is 0.295 e. The van der Waals surface area contributed by atoms with Crippen LogP contribution in [0.2, 0.25) is 0 Å². The van der Waals surface area contributed by atoms with Crippen LogP contribution in [0.25, 0.3) is 11.0 Å². The molecule has 0 radical (unpaired) electrons. The third kappa shape index (κ3) is 2.70. The molecule has 1 aromatic heterocycles. The third-order valence-corrected chi connectivity index (χ3v) is 5.47. The van der Waals surface area contributed by atoms with Crippen molar-refractivity contribution in [2.45, 2.75) is 13.0 Å². The minimum absolute atomic E-state index is 0.0908. The maximum atomic E-state index is 13.5. The van der Waals surface area contributed by atoms with E-state index >= 15 is 0 Å². The molecule has 5 heteroatoms. The van der Waals surface area contributed by atoms with E-state index in [4.69, 9.17) is 9.15 Å². The van der Waals surface area contributed by atoms with Crippen LogP contribution in [0.3, 0.4) is 0 Å². The molecule has 1 aliphatic heterocycles. The van der Waals surface area contributed by atoms with Crippen molar-refractivity contribution >= 4 is 22.6 Å². The number of benzene rings is 3. The summed E-state index contributed by atoms with van der Waals surface area (Å²) in [5, 5.41) is 0.461. The minimum atomic E-state index is -0.606. The fourth-order valence-electron chi connectivity index (χ4n) is 4.09. The molecule has 2 heterocycles. The fraction of sp³-hybridized carbons (Fsp3) is 0.120. The summed E-state index contributed by atoms with van der Waals surface area (Å²) < 4.78 is 11.3. The summed E-state index contributed by atoms with van der Waals surface area (Å²) in [4.78, 5) is 28.6. The second-order valence-corrected chi connectivity index (χ2v) is 7.36. The zero-order valence-corrected chi connectivity index (χ0v) is 16.6. The Labute approximate surface area is 173 Å². The van der Waals surface area contributed by atoms with Crippen LogP contribution in [0.1, 0.15) is 33.3 Å². The second kappa shape index (κ2) is 6.88. The van der Waals surface area contributed by atoms with Crippen LogP contribution in [0, 0.1) is 6.92 Å². The lowest BCUT2D eigenvalue weighted by Crippen LogP contribution is -2.29. The Balaban J connectivity index is 1.82. The summed E-state index contributed by atoms with van der Waals surface area (Å²) in [5.41, 5.74) is 3.08. The highest BCUT2D eigenvalue weighted by atomic mass is 16.5. The van der Waals surface area contributed by atoms with E-state index in [0.29, 0.717) is 28.0 Å². The number of carbonyl (C=O) groups is 1. The van der Waals surface area contributed by atoms with Crippen LogP contribution in [0.15, 0.2) is 82.0 Å². The lowest BCUT2D eigenvalue weighted by atomic mass is 9.98. The lowest BCUT2D eigenvalue weighted by molar-refractivity contribution is 0.0971. The van der Waals surface area contributed by atoms with Crippen molar-refractivity contribution in [3.05, 3.63) is 105 Å². The first-order valence-electron chi connectivity index (χ1n) is 9.68. The van der Waals surface area contributed by atoms with Gasteiger partial charge in [0.05, 0.1) is 24.1 Å². The maximum absolute atomic E-state index is 13.5. The highest BCUT2D eigenvalue weighted by Gasteiger charge is 2.43. The van der Waals surface area contributed by atoms with Crippen molar-refractivity contribution in [2.24, 2.45) is 0 Å². The zero-order valence-electron chi connectivity index (χ0n) is 16.6. The molecule has 1 unspecified atom stereocenters. The van der Waals surface area contributed by atoms with E-state index in [-0.39, 0.29) is 17.1 Å². The Morgan fingerprint density at radius 3 is 2.53 bits per heavy atom. The molecule has 0 fully saturated rings. The van der Waals surface area contributed by atoms with Crippen LogP contribution in [-0.4, -0.2) is 13.0 Å². The number of fused-ring (bicyclic) bond motifs is 2. The van der Waals surface area contributed by atoms with Gasteiger partial charge in [-0.1, -0.05) is 36.4 Å². The van der Waals surface area contributed by atoms with Gasteiger partial charge in [-0.05, 0) is 54.4 Å². The first-order chi connectivity index (χ1) is 14.6. The number of aryl methyl sites for hydroxylation is 1. The van der Waals surface area contributed by atoms with E-state index in [2.05, 4.69) is 0 Å². The van der Waals surface area contributed by atoms with Gasteiger partial charge in [0.25, 0.3) is 5.91 Å². The van der Waals surface area contributed by atoms with E-state index < -0.39 is 6.04 Å². The molecule has 5 nitrogen and oxygen atoms in total. The molecule has 5 rings (SSSR count). The number of ether oxygens (including phenoxy) is 1. The lowest BCUT2D eigenvalue weighted by Gasteiger charge is -2.25. The Bertz CT molecular complexity index is 1350. The van der Waals surface area contributed by atoms with Crippen molar-refractivity contribution in [3.63, 3.8) is 0 Å². The average Bonchev–Trinajstić information content (AvgIpc) is 3.06. The summed E-state index contributed by atoms with van der Waals surface area (Å²) in [5.74, 6) is 0.419. The zero-order chi connectivity index (χ0) is 20.8. The van der Waals surface area contributed by atoms with Gasteiger partial charge in [-0.25, -0.2) is 0 Å².